The molecule has 0 fully saturated rings. The lowest BCUT2D eigenvalue weighted by Gasteiger charge is -2.19. The number of likely N-dealkylation sites (N-methyl/N-ethyl adjacent to an activating group) is 1. The van der Waals surface area contributed by atoms with E-state index >= 15 is 0 Å². The summed E-state index contributed by atoms with van der Waals surface area (Å²) in [5.74, 6) is 0. The zero-order valence-electron chi connectivity index (χ0n) is 12.1. The smallest absolute Gasteiger partial charge is 0.271 e. The summed E-state index contributed by atoms with van der Waals surface area (Å²) >= 11 is 0. The molecular formula is C12H19N3O5S. The van der Waals surface area contributed by atoms with Gasteiger partial charge in [-0.15, -0.1) is 0 Å². The maximum atomic E-state index is 12.3. The highest BCUT2D eigenvalue weighted by Crippen LogP contribution is 2.25. The minimum atomic E-state index is -3.80. The van der Waals surface area contributed by atoms with Gasteiger partial charge >= 0.3 is 0 Å². The monoisotopic (exact) mass is 317 g/mol. The Morgan fingerprint density at radius 3 is 2.52 bits per heavy atom. The molecule has 0 amide bonds. The van der Waals surface area contributed by atoms with E-state index in [0.717, 1.165) is 22.5 Å². The van der Waals surface area contributed by atoms with Crippen LogP contribution in [0.2, 0.25) is 0 Å². The lowest BCUT2D eigenvalue weighted by atomic mass is 10.3. The van der Waals surface area contributed by atoms with Gasteiger partial charge in [0.25, 0.3) is 5.69 Å². The molecule has 0 saturated carbocycles. The van der Waals surface area contributed by atoms with Crippen molar-refractivity contribution in [1.82, 2.24) is 4.31 Å². The zero-order chi connectivity index (χ0) is 16.2. The van der Waals surface area contributed by atoms with Crippen molar-refractivity contribution in [2.45, 2.75) is 24.8 Å². The zero-order valence-corrected chi connectivity index (χ0v) is 13.0. The number of rotatable bonds is 7. The molecule has 0 unspecified atom stereocenters. The van der Waals surface area contributed by atoms with Crippen molar-refractivity contribution in [3.63, 3.8) is 0 Å². The van der Waals surface area contributed by atoms with Crippen molar-refractivity contribution < 1.29 is 18.1 Å². The van der Waals surface area contributed by atoms with Crippen molar-refractivity contribution in [2.24, 2.45) is 0 Å². The van der Waals surface area contributed by atoms with Crippen LogP contribution in [0, 0.1) is 10.1 Å². The van der Waals surface area contributed by atoms with Crippen molar-refractivity contribution in [3.05, 3.63) is 28.3 Å². The highest BCUT2D eigenvalue weighted by atomic mass is 32.2. The van der Waals surface area contributed by atoms with E-state index in [2.05, 4.69) is 0 Å². The molecule has 9 heteroatoms. The molecule has 1 aromatic rings. The molecule has 0 aliphatic heterocycles. The molecule has 0 radical (unpaired) electrons. The van der Waals surface area contributed by atoms with Gasteiger partial charge < -0.3 is 10.5 Å². The first kappa shape index (κ1) is 17.3. The summed E-state index contributed by atoms with van der Waals surface area (Å²) in [6.07, 6.45) is 0.00514. The maximum Gasteiger partial charge on any atom is 0.271 e. The van der Waals surface area contributed by atoms with Crippen LogP contribution in [-0.2, 0) is 14.8 Å². The molecule has 0 spiro atoms. The quantitative estimate of drug-likeness (QED) is 0.459. The second kappa shape index (κ2) is 6.83. The number of hydrogen-bond donors (Lipinski definition) is 1. The molecule has 0 aromatic heterocycles. The van der Waals surface area contributed by atoms with Gasteiger partial charge in [0.05, 0.1) is 23.3 Å². The van der Waals surface area contributed by atoms with Gasteiger partial charge in [-0.1, -0.05) is 0 Å². The predicted octanol–water partition coefficient (Wildman–Crippen LogP) is 1.22. The number of anilines is 1. The Morgan fingerprint density at radius 2 is 2.05 bits per heavy atom. The van der Waals surface area contributed by atoms with Gasteiger partial charge in [-0.25, -0.2) is 8.42 Å². The summed E-state index contributed by atoms with van der Waals surface area (Å²) in [6, 6.07) is 3.29. The Bertz CT molecular complexity index is 615. The minimum Gasteiger partial charge on any atom is -0.397 e. The Kier molecular flexibility index (Phi) is 5.64. The van der Waals surface area contributed by atoms with E-state index in [1.807, 2.05) is 13.8 Å². The first-order chi connectivity index (χ1) is 9.66. The van der Waals surface area contributed by atoms with Crippen LogP contribution in [-0.4, -0.2) is 43.9 Å². The fraction of sp³-hybridized carbons (Fsp3) is 0.500. The number of sulfonamides is 1. The highest BCUT2D eigenvalue weighted by Gasteiger charge is 2.24. The Hall–Kier alpha value is -1.71. The number of hydrogen-bond acceptors (Lipinski definition) is 6. The molecular weight excluding hydrogens is 298 g/mol. The first-order valence-electron chi connectivity index (χ1n) is 6.28. The van der Waals surface area contributed by atoms with Crippen molar-refractivity contribution in [1.29, 1.82) is 0 Å². The fourth-order valence-electron chi connectivity index (χ4n) is 1.59. The van der Waals surface area contributed by atoms with Gasteiger partial charge in [0, 0.05) is 25.7 Å². The third-order valence-corrected chi connectivity index (χ3v) is 4.68. The SMILES string of the molecule is CC(C)OCCN(C)S(=O)(=O)c1ccc([N+](=O)[O-])cc1N. The van der Waals surface area contributed by atoms with Crippen LogP contribution in [0.15, 0.2) is 23.1 Å². The number of benzene rings is 1. The summed E-state index contributed by atoms with van der Waals surface area (Å²) < 4.78 is 31.1. The fourth-order valence-corrected chi connectivity index (χ4v) is 2.84. The van der Waals surface area contributed by atoms with Crippen LogP contribution in [0.4, 0.5) is 11.4 Å². The first-order valence-corrected chi connectivity index (χ1v) is 7.72. The number of nitrogens with zero attached hydrogens (tertiary/aromatic N) is 2. The van der Waals surface area contributed by atoms with Crippen LogP contribution < -0.4 is 5.73 Å². The molecule has 8 nitrogen and oxygen atoms in total. The summed E-state index contributed by atoms with van der Waals surface area (Å²) in [5.41, 5.74) is 5.21. The van der Waals surface area contributed by atoms with Gasteiger partial charge in [-0.3, -0.25) is 10.1 Å². The summed E-state index contributed by atoms with van der Waals surface area (Å²) in [6.45, 7) is 4.11. The average molecular weight is 317 g/mol. The van der Waals surface area contributed by atoms with E-state index in [1.54, 1.807) is 0 Å². The van der Waals surface area contributed by atoms with Gasteiger partial charge in [0.2, 0.25) is 10.0 Å². The molecule has 118 valence electrons. The molecule has 1 aromatic carbocycles. The van der Waals surface area contributed by atoms with Gasteiger partial charge in [0.15, 0.2) is 0 Å². The highest BCUT2D eigenvalue weighted by molar-refractivity contribution is 7.89. The van der Waals surface area contributed by atoms with Gasteiger partial charge in [-0.2, -0.15) is 4.31 Å². The van der Waals surface area contributed by atoms with E-state index in [-0.39, 0.29) is 35.5 Å². The summed E-state index contributed by atoms with van der Waals surface area (Å²) in [4.78, 5) is 9.84. The second-order valence-electron chi connectivity index (χ2n) is 4.73. The number of nitro groups is 1. The number of nitro benzene ring substituents is 1. The van der Waals surface area contributed by atoms with Crippen LogP contribution in [0.5, 0.6) is 0 Å². The normalized spacial score (nSPS) is 12.0. The molecule has 0 heterocycles. The second-order valence-corrected chi connectivity index (χ2v) is 6.74. The number of ether oxygens (including phenoxy) is 1. The van der Waals surface area contributed by atoms with Gasteiger partial charge in [-0.05, 0) is 19.9 Å². The number of nitrogen functional groups attached to an aromatic ring is 1. The molecule has 0 bridgehead atoms. The molecule has 21 heavy (non-hydrogen) atoms. The van der Waals surface area contributed by atoms with E-state index in [0.29, 0.717) is 0 Å². The number of nitrogens with two attached hydrogens (primary N) is 1. The van der Waals surface area contributed by atoms with Crippen molar-refractivity contribution >= 4 is 21.4 Å². The van der Waals surface area contributed by atoms with Crippen molar-refractivity contribution in [2.75, 3.05) is 25.9 Å². The summed E-state index contributed by atoms with van der Waals surface area (Å²) in [7, 11) is -2.40. The van der Waals surface area contributed by atoms with Gasteiger partial charge in [0.1, 0.15) is 4.90 Å². The standard InChI is InChI=1S/C12H19N3O5S/c1-9(2)20-7-6-14(3)21(18,19)12-5-4-10(15(16)17)8-11(12)13/h4-5,8-9H,6-7,13H2,1-3H3. The molecule has 1 rings (SSSR count). The molecule has 0 aliphatic rings. The van der Waals surface area contributed by atoms with Crippen LogP contribution in [0.25, 0.3) is 0 Å². The molecule has 0 aliphatic carbocycles. The van der Waals surface area contributed by atoms with Crippen LogP contribution in [0.1, 0.15) is 13.8 Å². The third kappa shape index (κ3) is 4.38. The Labute approximate surface area is 123 Å². The molecule has 2 N–H and O–H groups in total. The molecule has 0 saturated heterocycles. The van der Waals surface area contributed by atoms with E-state index in [1.165, 1.54) is 7.05 Å². The number of non-ortho nitro benzene ring substituents is 1. The average Bonchev–Trinajstić information content (AvgIpc) is 2.37. The van der Waals surface area contributed by atoms with E-state index < -0.39 is 14.9 Å². The Balaban J connectivity index is 2.94. The largest absolute Gasteiger partial charge is 0.397 e. The lowest BCUT2D eigenvalue weighted by molar-refractivity contribution is -0.384. The van der Waals surface area contributed by atoms with E-state index in [4.69, 9.17) is 10.5 Å². The third-order valence-electron chi connectivity index (χ3n) is 2.75. The molecule has 0 atom stereocenters. The predicted molar refractivity (Wildman–Crippen MR) is 78.4 cm³/mol. The van der Waals surface area contributed by atoms with Crippen LogP contribution in [0.3, 0.4) is 0 Å². The van der Waals surface area contributed by atoms with E-state index in [9.17, 15) is 18.5 Å². The maximum absolute atomic E-state index is 12.3. The Morgan fingerprint density at radius 1 is 1.43 bits per heavy atom. The lowest BCUT2D eigenvalue weighted by Crippen LogP contribution is -2.31. The van der Waals surface area contributed by atoms with Crippen molar-refractivity contribution in [3.8, 4) is 0 Å². The topological polar surface area (TPSA) is 116 Å². The minimum absolute atomic E-state index is 0.00514. The summed E-state index contributed by atoms with van der Waals surface area (Å²) in [5, 5.41) is 10.6. The van der Waals surface area contributed by atoms with Crippen LogP contribution >= 0.6 is 0 Å².